The normalized spacial score (nSPS) is 12.4. The molecule has 18 heavy (non-hydrogen) atoms. The van der Waals surface area contributed by atoms with E-state index in [1.165, 1.54) is 0 Å². The zero-order valence-corrected chi connectivity index (χ0v) is 11.2. The van der Waals surface area contributed by atoms with Gasteiger partial charge in [-0.05, 0) is 47.1 Å². The third-order valence-electron chi connectivity index (χ3n) is 2.34. The van der Waals surface area contributed by atoms with Crippen LogP contribution in [-0.2, 0) is 0 Å². The highest BCUT2D eigenvalue weighted by Crippen LogP contribution is 2.16. The van der Waals surface area contributed by atoms with Crippen LogP contribution in [0.4, 0.5) is 0 Å². The summed E-state index contributed by atoms with van der Waals surface area (Å²) < 4.78 is 10.8. The van der Waals surface area contributed by atoms with Crippen molar-refractivity contribution in [1.29, 1.82) is 0 Å². The molecule has 2 aromatic heterocycles. The second-order valence-corrected chi connectivity index (χ2v) is 4.56. The Kier molecular flexibility index (Phi) is 3.88. The Hall–Kier alpha value is -1.53. The lowest BCUT2D eigenvalue weighted by Gasteiger charge is -2.08. The van der Waals surface area contributed by atoms with Gasteiger partial charge in [0.1, 0.15) is 17.6 Å². The van der Waals surface area contributed by atoms with Crippen molar-refractivity contribution in [2.45, 2.75) is 13.0 Å². The number of nitrogens with one attached hydrogen (secondary N) is 1. The number of carbonyl (C=O) groups excluding carboxylic acids is 1. The van der Waals surface area contributed by atoms with Crippen molar-refractivity contribution in [3.05, 3.63) is 46.2 Å². The molecule has 5 nitrogen and oxygen atoms in total. The molecule has 2 rings (SSSR count). The Balaban J connectivity index is 1.90. The lowest BCUT2D eigenvalue weighted by molar-refractivity contribution is 0.0872. The van der Waals surface area contributed by atoms with Crippen LogP contribution in [0.5, 0.6) is 0 Å². The molecule has 0 aliphatic carbocycles. The molecule has 0 bridgehead atoms. The average molecular weight is 314 g/mol. The molecule has 0 radical (unpaired) electrons. The summed E-state index contributed by atoms with van der Waals surface area (Å²) in [4.78, 5) is 11.6. The number of aryl methyl sites for hydroxylation is 1. The van der Waals surface area contributed by atoms with E-state index >= 15 is 0 Å². The van der Waals surface area contributed by atoms with Gasteiger partial charge in [-0.15, -0.1) is 0 Å². The van der Waals surface area contributed by atoms with E-state index < -0.39 is 6.10 Å². The number of carbonyl (C=O) groups is 1. The van der Waals surface area contributed by atoms with Crippen molar-refractivity contribution in [3.63, 3.8) is 0 Å². The molecule has 0 spiro atoms. The Morgan fingerprint density at radius 2 is 2.17 bits per heavy atom. The van der Waals surface area contributed by atoms with Crippen molar-refractivity contribution in [3.8, 4) is 0 Å². The van der Waals surface area contributed by atoms with Gasteiger partial charge in [-0.1, -0.05) is 0 Å². The maximum Gasteiger partial charge on any atom is 0.287 e. The molecular weight excluding hydrogens is 302 g/mol. The van der Waals surface area contributed by atoms with Crippen molar-refractivity contribution in [1.82, 2.24) is 5.32 Å². The largest absolute Gasteiger partial charge is 0.464 e. The van der Waals surface area contributed by atoms with Gasteiger partial charge in [-0.2, -0.15) is 0 Å². The van der Waals surface area contributed by atoms with Crippen molar-refractivity contribution in [2.75, 3.05) is 6.54 Å². The maximum atomic E-state index is 11.6. The first-order chi connectivity index (χ1) is 8.56. The summed E-state index contributed by atoms with van der Waals surface area (Å²) in [6.45, 7) is 1.85. The summed E-state index contributed by atoms with van der Waals surface area (Å²) >= 11 is 3.11. The highest BCUT2D eigenvalue weighted by Gasteiger charge is 2.15. The molecule has 2 N–H and O–H groups in total. The fraction of sp³-hybridized carbons (Fsp3) is 0.250. The van der Waals surface area contributed by atoms with Gasteiger partial charge in [0.05, 0.1) is 6.54 Å². The standard InChI is InChI=1S/C12H12BrNO4/c1-7-2-3-9(17-7)8(15)6-14-12(16)10-4-5-11(13)18-10/h2-5,8,15H,6H2,1H3,(H,14,16). The van der Waals surface area contributed by atoms with Gasteiger partial charge in [0.25, 0.3) is 5.91 Å². The lowest BCUT2D eigenvalue weighted by atomic mass is 10.2. The van der Waals surface area contributed by atoms with Gasteiger partial charge >= 0.3 is 0 Å². The zero-order chi connectivity index (χ0) is 13.1. The van der Waals surface area contributed by atoms with Gasteiger partial charge in [0.2, 0.25) is 0 Å². The zero-order valence-electron chi connectivity index (χ0n) is 9.64. The number of aliphatic hydroxyl groups is 1. The van der Waals surface area contributed by atoms with Gasteiger partial charge < -0.3 is 19.3 Å². The number of hydrogen-bond donors (Lipinski definition) is 2. The summed E-state index contributed by atoms with van der Waals surface area (Å²) in [5.41, 5.74) is 0. The summed E-state index contributed by atoms with van der Waals surface area (Å²) in [7, 11) is 0. The van der Waals surface area contributed by atoms with E-state index in [0.717, 1.165) is 0 Å². The molecule has 2 aromatic rings. The molecule has 1 atom stereocenters. The Bertz CT molecular complexity index is 546. The van der Waals surface area contributed by atoms with Crippen LogP contribution in [-0.4, -0.2) is 17.6 Å². The molecular formula is C12H12BrNO4. The minimum absolute atomic E-state index is 0.0596. The van der Waals surface area contributed by atoms with Gasteiger partial charge in [0.15, 0.2) is 10.4 Å². The van der Waals surface area contributed by atoms with E-state index in [1.807, 2.05) is 0 Å². The molecule has 0 aromatic carbocycles. The van der Waals surface area contributed by atoms with Crippen LogP contribution in [0.15, 0.2) is 37.8 Å². The second-order valence-electron chi connectivity index (χ2n) is 3.78. The molecule has 2 heterocycles. The molecule has 0 fully saturated rings. The first-order valence-electron chi connectivity index (χ1n) is 5.34. The maximum absolute atomic E-state index is 11.6. The number of amides is 1. The average Bonchev–Trinajstić information content (AvgIpc) is 2.94. The highest BCUT2D eigenvalue weighted by atomic mass is 79.9. The lowest BCUT2D eigenvalue weighted by Crippen LogP contribution is -2.27. The van der Waals surface area contributed by atoms with E-state index in [-0.39, 0.29) is 18.2 Å². The minimum Gasteiger partial charge on any atom is -0.464 e. The van der Waals surface area contributed by atoms with E-state index in [9.17, 15) is 9.90 Å². The molecule has 0 saturated heterocycles. The molecule has 1 unspecified atom stereocenters. The number of hydrogen-bond acceptors (Lipinski definition) is 4. The van der Waals surface area contributed by atoms with Gasteiger partial charge in [-0.25, -0.2) is 0 Å². The summed E-state index contributed by atoms with van der Waals surface area (Å²) in [6.07, 6.45) is -0.874. The van der Waals surface area contributed by atoms with Crippen molar-refractivity contribution in [2.24, 2.45) is 0 Å². The summed E-state index contributed by atoms with van der Waals surface area (Å²) in [5, 5.41) is 12.3. The number of halogens is 1. The fourth-order valence-corrected chi connectivity index (χ4v) is 1.75. The molecule has 96 valence electrons. The first-order valence-corrected chi connectivity index (χ1v) is 6.13. The number of aliphatic hydroxyl groups excluding tert-OH is 1. The third kappa shape index (κ3) is 3.02. The Morgan fingerprint density at radius 3 is 2.72 bits per heavy atom. The van der Waals surface area contributed by atoms with E-state index in [1.54, 1.807) is 31.2 Å². The van der Waals surface area contributed by atoms with E-state index in [4.69, 9.17) is 8.83 Å². The van der Waals surface area contributed by atoms with Crippen LogP contribution < -0.4 is 5.32 Å². The SMILES string of the molecule is Cc1ccc(C(O)CNC(=O)c2ccc(Br)o2)o1. The second kappa shape index (κ2) is 5.41. The number of rotatable bonds is 4. The van der Waals surface area contributed by atoms with Crippen LogP contribution in [0.2, 0.25) is 0 Å². The molecule has 0 aliphatic rings. The van der Waals surface area contributed by atoms with Crippen LogP contribution in [0.25, 0.3) is 0 Å². The third-order valence-corrected chi connectivity index (χ3v) is 2.77. The van der Waals surface area contributed by atoms with Crippen molar-refractivity contribution < 1.29 is 18.7 Å². The quantitative estimate of drug-likeness (QED) is 0.909. The first kappa shape index (κ1) is 12.9. The summed E-state index contributed by atoms with van der Waals surface area (Å²) in [5.74, 6) is 0.937. The predicted molar refractivity (Wildman–Crippen MR) is 67.1 cm³/mol. The van der Waals surface area contributed by atoms with Gasteiger partial charge in [-0.3, -0.25) is 4.79 Å². The van der Waals surface area contributed by atoms with Crippen LogP contribution in [0.3, 0.4) is 0 Å². The topological polar surface area (TPSA) is 75.6 Å². The molecule has 6 heteroatoms. The highest BCUT2D eigenvalue weighted by molar-refractivity contribution is 9.10. The minimum atomic E-state index is -0.874. The van der Waals surface area contributed by atoms with Gasteiger partial charge in [0, 0.05) is 0 Å². The monoisotopic (exact) mass is 313 g/mol. The molecule has 0 aliphatic heterocycles. The smallest absolute Gasteiger partial charge is 0.287 e. The molecule has 0 saturated carbocycles. The van der Waals surface area contributed by atoms with Crippen LogP contribution in [0, 0.1) is 6.92 Å². The van der Waals surface area contributed by atoms with Crippen LogP contribution >= 0.6 is 15.9 Å². The van der Waals surface area contributed by atoms with E-state index in [0.29, 0.717) is 16.2 Å². The van der Waals surface area contributed by atoms with Crippen molar-refractivity contribution >= 4 is 21.8 Å². The summed E-state index contributed by atoms with van der Waals surface area (Å²) in [6, 6.07) is 6.60. The Morgan fingerprint density at radius 1 is 1.39 bits per heavy atom. The van der Waals surface area contributed by atoms with E-state index in [2.05, 4.69) is 21.2 Å². The number of furan rings is 2. The fourth-order valence-electron chi connectivity index (χ4n) is 1.45. The van der Waals surface area contributed by atoms with Crippen LogP contribution in [0.1, 0.15) is 28.2 Å². The Labute approximate surface area is 112 Å². The molecule has 1 amide bonds. The predicted octanol–water partition coefficient (Wildman–Crippen LogP) is 2.41.